The number of hydrogen-bond acceptors (Lipinski definition) is 21. The van der Waals surface area contributed by atoms with Crippen LogP contribution in [0.3, 0.4) is 0 Å². The Morgan fingerprint density at radius 1 is 0.547 bits per heavy atom. The molecule has 2 fully saturated rings. The second kappa shape index (κ2) is 25.2. The smallest absolute Gasteiger partial charge is 0.408 e. The minimum absolute atomic E-state index is 0.0624. The number of carbonyl (C=O) groups is 7. The second-order valence-electron chi connectivity index (χ2n) is 23.3. The Morgan fingerprint density at radius 3 is 1.37 bits per heavy atom. The average Bonchev–Trinajstić information content (AvgIpc) is 3.16. The van der Waals surface area contributed by atoms with Crippen LogP contribution >= 0.6 is 0 Å². The zero-order valence-electron chi connectivity index (χ0n) is 46.6. The molecule has 2 heterocycles. The van der Waals surface area contributed by atoms with E-state index in [1.165, 1.54) is 6.92 Å². The van der Waals surface area contributed by atoms with Gasteiger partial charge in [-0.05, 0) is 129 Å². The molecule has 0 aromatic heterocycles. The fourth-order valence-electron chi connectivity index (χ4n) is 7.73. The van der Waals surface area contributed by atoms with Crippen molar-refractivity contribution in [3.8, 4) is 0 Å². The molecule has 0 aromatic carbocycles. The van der Waals surface area contributed by atoms with Crippen LogP contribution in [0.25, 0.3) is 0 Å². The SMILES string of the molecule is CC(=O)OC1[C@@H](O[C@@H]2C(OS(C)(=O)=O)C(O[C@H]3O[C@H](CNC(=O)OC(C)(C)C)CCC3NC(=O)OC(C)(C)C)[C@@H](NC(=O)OC(C)(C)C)[C@@H](OC(C)=O)C2NC(=O)OC(C)(C)C)OC=C(C)[C@@H]1NC(=O)OC(C)(C)C. The van der Waals surface area contributed by atoms with Crippen molar-refractivity contribution < 1.29 is 98.3 Å². The van der Waals surface area contributed by atoms with Crippen molar-refractivity contribution >= 4 is 52.5 Å². The molecule has 0 radical (unpaired) electrons. The van der Waals surface area contributed by atoms with E-state index in [-0.39, 0.29) is 25.0 Å². The molecule has 12 atom stereocenters. The summed E-state index contributed by atoms with van der Waals surface area (Å²) in [6.45, 7) is 27.5. The van der Waals surface area contributed by atoms with E-state index in [0.717, 1.165) is 20.1 Å². The number of carbonyl (C=O) groups excluding carboxylic acids is 7. The van der Waals surface area contributed by atoms with Gasteiger partial charge < -0.3 is 78.7 Å². The zero-order chi connectivity index (χ0) is 57.4. The van der Waals surface area contributed by atoms with Gasteiger partial charge in [-0.3, -0.25) is 13.8 Å². The summed E-state index contributed by atoms with van der Waals surface area (Å²) in [7, 11) is -4.71. The molecule has 3 aliphatic rings. The number of rotatable bonds is 14. The third kappa shape index (κ3) is 22.8. The standard InChI is InChI=1S/C48H81N5O21S/c1-24-23-63-38(35(65-26(3)55)29(24)51-41(58)71-46(10,11)12)68-34-31(53-43(60)73-48(16,17)18)32(64-25(2)54)30(52-42(59)72-47(13,14)15)33(36(34)74-75(19,61)62)67-37-28(50-40(57)70-45(7,8)9)21-20-27(66-37)22-49-39(56)69-44(4,5)6/h23,27-38H,20-22H2,1-19H3,(H,49,56)(H,50,57)(H,51,58)(H,52,59)(H,53,60)/t27-,28?,29-,30-,31?,32+,33?,34-,35?,36?,37+,38+/m0/s1. The predicted molar refractivity (Wildman–Crippen MR) is 264 cm³/mol. The van der Waals surface area contributed by atoms with Crippen molar-refractivity contribution in [1.82, 2.24) is 26.6 Å². The Balaban J connectivity index is 2.44. The molecule has 2 aliphatic heterocycles. The van der Waals surface area contributed by atoms with Gasteiger partial charge in [0.15, 0.2) is 12.4 Å². The molecular weight excluding hydrogens is 1010 g/mol. The fourth-order valence-corrected chi connectivity index (χ4v) is 8.35. The third-order valence-electron chi connectivity index (χ3n) is 10.1. The first-order valence-electron chi connectivity index (χ1n) is 24.4. The summed E-state index contributed by atoms with van der Waals surface area (Å²) in [5, 5.41) is 13.2. The molecular formula is C48H81N5O21S. The highest BCUT2D eigenvalue weighted by Crippen LogP contribution is 2.37. The number of alkyl carbamates (subject to hydrolysis) is 5. The maximum Gasteiger partial charge on any atom is 0.408 e. The third-order valence-corrected chi connectivity index (χ3v) is 10.7. The zero-order valence-corrected chi connectivity index (χ0v) is 47.4. The van der Waals surface area contributed by atoms with Crippen LogP contribution in [-0.4, -0.2) is 165 Å². The minimum atomic E-state index is -4.71. The van der Waals surface area contributed by atoms with Crippen LogP contribution < -0.4 is 26.6 Å². The summed E-state index contributed by atoms with van der Waals surface area (Å²) in [4.78, 5) is 93.8. The lowest BCUT2D eigenvalue weighted by Crippen LogP contribution is -2.75. The van der Waals surface area contributed by atoms with Gasteiger partial charge in [-0.2, -0.15) is 8.42 Å². The monoisotopic (exact) mass is 1100 g/mol. The van der Waals surface area contributed by atoms with E-state index >= 15 is 0 Å². The van der Waals surface area contributed by atoms with Gasteiger partial charge in [0.1, 0.15) is 64.5 Å². The summed E-state index contributed by atoms with van der Waals surface area (Å²) in [6, 6.07) is -6.06. The van der Waals surface area contributed by atoms with E-state index in [2.05, 4.69) is 26.6 Å². The van der Waals surface area contributed by atoms with Crippen LogP contribution in [0.1, 0.15) is 137 Å². The number of esters is 2. The van der Waals surface area contributed by atoms with E-state index in [1.54, 1.807) is 104 Å². The summed E-state index contributed by atoms with van der Waals surface area (Å²) < 4.78 is 98.5. The summed E-state index contributed by atoms with van der Waals surface area (Å²) >= 11 is 0. The topological polar surface area (TPSA) is 325 Å². The van der Waals surface area contributed by atoms with Crippen LogP contribution in [0.15, 0.2) is 11.8 Å². The van der Waals surface area contributed by atoms with Gasteiger partial charge in [0.05, 0.1) is 30.7 Å². The number of amides is 5. The van der Waals surface area contributed by atoms with Gasteiger partial charge in [-0.15, -0.1) is 0 Å². The average molecular weight is 1100 g/mol. The summed E-state index contributed by atoms with van der Waals surface area (Å²) in [5.41, 5.74) is -4.89. The van der Waals surface area contributed by atoms with Crippen molar-refractivity contribution in [3.05, 3.63) is 11.8 Å². The summed E-state index contributed by atoms with van der Waals surface area (Å²) in [6.07, 6.45) is -16.9. The molecule has 430 valence electrons. The van der Waals surface area contributed by atoms with Gasteiger partial charge in [0, 0.05) is 20.4 Å². The van der Waals surface area contributed by atoms with Gasteiger partial charge in [-0.1, -0.05) is 0 Å². The first-order chi connectivity index (χ1) is 34.0. The van der Waals surface area contributed by atoms with Gasteiger partial charge in [0.2, 0.25) is 6.29 Å². The molecule has 1 saturated heterocycles. The van der Waals surface area contributed by atoms with E-state index in [4.69, 9.17) is 56.3 Å². The molecule has 0 bridgehead atoms. The van der Waals surface area contributed by atoms with E-state index in [0.29, 0.717) is 6.26 Å². The van der Waals surface area contributed by atoms with Crippen LogP contribution in [0, 0.1) is 0 Å². The van der Waals surface area contributed by atoms with E-state index in [9.17, 15) is 42.0 Å². The number of nitrogens with one attached hydrogen (secondary N) is 5. The van der Waals surface area contributed by atoms with Gasteiger partial charge in [0.25, 0.3) is 10.1 Å². The predicted octanol–water partition coefficient (Wildman–Crippen LogP) is 4.84. The number of ether oxygens (including phenoxy) is 11. The lowest BCUT2D eigenvalue weighted by Gasteiger charge is -2.51. The Hall–Kier alpha value is -5.38. The second-order valence-corrected chi connectivity index (χ2v) is 24.9. The van der Waals surface area contributed by atoms with Crippen LogP contribution in [-0.2, 0) is 76.0 Å². The molecule has 0 spiro atoms. The van der Waals surface area contributed by atoms with Crippen LogP contribution in [0.4, 0.5) is 24.0 Å². The minimum Gasteiger partial charge on any atom is -0.468 e. The molecule has 3 rings (SSSR count). The van der Waals surface area contributed by atoms with E-state index in [1.807, 2.05) is 0 Å². The normalized spacial score (nSPS) is 27.6. The molecule has 75 heavy (non-hydrogen) atoms. The Labute approximate surface area is 439 Å². The molecule has 27 heteroatoms. The molecule has 5 amide bonds. The van der Waals surface area contributed by atoms with Crippen molar-refractivity contribution in [2.75, 3.05) is 12.8 Å². The largest absolute Gasteiger partial charge is 0.468 e. The summed E-state index contributed by atoms with van der Waals surface area (Å²) in [5.74, 6) is -1.90. The number of hydrogen-bond donors (Lipinski definition) is 5. The first kappa shape index (κ1) is 63.9. The molecule has 1 aliphatic carbocycles. The molecule has 5 N–H and O–H groups in total. The highest BCUT2D eigenvalue weighted by Gasteiger charge is 2.60. The fraction of sp³-hybridized carbons (Fsp3) is 0.812. The Morgan fingerprint density at radius 2 is 0.947 bits per heavy atom. The lowest BCUT2D eigenvalue weighted by molar-refractivity contribution is -0.287. The Kier molecular flexibility index (Phi) is 21.5. The van der Waals surface area contributed by atoms with Crippen LogP contribution in [0.5, 0.6) is 0 Å². The lowest BCUT2D eigenvalue weighted by atomic mass is 9.80. The first-order valence-corrected chi connectivity index (χ1v) is 26.3. The van der Waals surface area contributed by atoms with Gasteiger partial charge in [-0.25, -0.2) is 24.0 Å². The quantitative estimate of drug-likeness (QED) is 0.0882. The van der Waals surface area contributed by atoms with Crippen molar-refractivity contribution in [2.45, 2.75) is 239 Å². The maximum atomic E-state index is 14.0. The highest BCUT2D eigenvalue weighted by atomic mass is 32.2. The molecule has 1 saturated carbocycles. The molecule has 26 nitrogen and oxygen atoms in total. The molecule has 5 unspecified atom stereocenters. The van der Waals surface area contributed by atoms with Crippen molar-refractivity contribution in [1.29, 1.82) is 0 Å². The molecule has 0 aromatic rings. The maximum absolute atomic E-state index is 14.0. The van der Waals surface area contributed by atoms with Crippen LogP contribution in [0.2, 0.25) is 0 Å². The van der Waals surface area contributed by atoms with Crippen molar-refractivity contribution in [2.24, 2.45) is 0 Å². The van der Waals surface area contributed by atoms with Gasteiger partial charge >= 0.3 is 42.4 Å². The van der Waals surface area contributed by atoms with Crippen molar-refractivity contribution in [3.63, 3.8) is 0 Å². The Bertz CT molecular complexity index is 2170. The highest BCUT2D eigenvalue weighted by molar-refractivity contribution is 7.86. The van der Waals surface area contributed by atoms with E-state index < -0.39 is 154 Å².